The van der Waals surface area contributed by atoms with E-state index in [1.165, 1.54) is 4.88 Å². The Morgan fingerprint density at radius 2 is 2.33 bits per heavy atom. The highest BCUT2D eigenvalue weighted by Gasteiger charge is 2.27. The Bertz CT molecular complexity index is 556. The molecule has 1 aliphatic rings. The molecular formula is C12H16N4OS. The van der Waals surface area contributed by atoms with Crippen molar-refractivity contribution in [1.82, 2.24) is 15.3 Å². The lowest BCUT2D eigenvalue weighted by molar-refractivity contribution is 0.111. The number of hydrogen-bond donors (Lipinski definition) is 2. The van der Waals surface area contributed by atoms with Crippen LogP contribution in [0.1, 0.15) is 4.88 Å². The molecule has 0 radical (unpaired) electrons. The number of rotatable bonds is 3. The molecule has 0 bridgehead atoms. The summed E-state index contributed by atoms with van der Waals surface area (Å²) in [6.07, 6.45) is 1.81. The second-order valence-corrected chi connectivity index (χ2v) is 5.72. The van der Waals surface area contributed by atoms with Gasteiger partial charge in [-0.3, -0.25) is 0 Å². The van der Waals surface area contributed by atoms with Gasteiger partial charge in [0.05, 0.1) is 17.5 Å². The molecule has 1 unspecified atom stereocenters. The SMILES string of the molecule is CO[C@H]1CNCC1Nc1ncnc2sc(C)cc12. The topological polar surface area (TPSA) is 59.1 Å². The third-order valence-electron chi connectivity index (χ3n) is 3.24. The van der Waals surface area contributed by atoms with E-state index in [0.717, 1.165) is 29.1 Å². The molecule has 0 saturated carbocycles. The number of thiophene rings is 1. The van der Waals surface area contributed by atoms with Crippen molar-refractivity contribution in [3.8, 4) is 0 Å². The fourth-order valence-electron chi connectivity index (χ4n) is 2.31. The molecule has 2 atom stereocenters. The standard InChI is InChI=1S/C12H16N4OS/c1-7-3-8-11(14-6-15-12(8)18-7)16-9-4-13-5-10(9)17-2/h3,6,9-10,13H,4-5H2,1-2H3,(H,14,15,16)/t9?,10-/m0/s1. The number of aryl methyl sites for hydroxylation is 1. The van der Waals surface area contributed by atoms with Gasteiger partial charge in [0, 0.05) is 25.1 Å². The zero-order chi connectivity index (χ0) is 12.5. The highest BCUT2D eigenvalue weighted by Crippen LogP contribution is 2.28. The summed E-state index contributed by atoms with van der Waals surface area (Å²) in [5.74, 6) is 0.903. The van der Waals surface area contributed by atoms with Crippen molar-refractivity contribution in [3.63, 3.8) is 0 Å². The molecule has 6 heteroatoms. The Hall–Kier alpha value is -1.24. The third kappa shape index (κ3) is 2.07. The molecule has 18 heavy (non-hydrogen) atoms. The zero-order valence-electron chi connectivity index (χ0n) is 10.4. The van der Waals surface area contributed by atoms with Crippen LogP contribution in [-0.2, 0) is 4.74 Å². The number of aromatic nitrogens is 2. The van der Waals surface area contributed by atoms with Crippen LogP contribution in [0.3, 0.4) is 0 Å². The molecule has 1 saturated heterocycles. The summed E-state index contributed by atoms with van der Waals surface area (Å²) in [4.78, 5) is 10.9. The van der Waals surface area contributed by atoms with Gasteiger partial charge in [0.1, 0.15) is 17.0 Å². The van der Waals surface area contributed by atoms with Crippen molar-refractivity contribution < 1.29 is 4.74 Å². The molecule has 96 valence electrons. The van der Waals surface area contributed by atoms with Gasteiger partial charge < -0.3 is 15.4 Å². The van der Waals surface area contributed by atoms with E-state index < -0.39 is 0 Å². The lowest BCUT2D eigenvalue weighted by Gasteiger charge is -2.19. The van der Waals surface area contributed by atoms with E-state index in [0.29, 0.717) is 0 Å². The maximum absolute atomic E-state index is 5.45. The number of nitrogens with one attached hydrogen (secondary N) is 2. The second-order valence-electron chi connectivity index (χ2n) is 4.48. The minimum Gasteiger partial charge on any atom is -0.378 e. The predicted octanol–water partition coefficient (Wildman–Crippen LogP) is 1.40. The van der Waals surface area contributed by atoms with Crippen LogP contribution in [0.15, 0.2) is 12.4 Å². The van der Waals surface area contributed by atoms with Gasteiger partial charge in [-0.25, -0.2) is 9.97 Å². The summed E-state index contributed by atoms with van der Waals surface area (Å²) >= 11 is 1.69. The lowest BCUT2D eigenvalue weighted by atomic mass is 10.2. The van der Waals surface area contributed by atoms with Gasteiger partial charge in [0.25, 0.3) is 0 Å². The largest absolute Gasteiger partial charge is 0.378 e. The molecular weight excluding hydrogens is 248 g/mol. The van der Waals surface area contributed by atoms with Crippen LogP contribution in [0, 0.1) is 6.92 Å². The van der Waals surface area contributed by atoms with Gasteiger partial charge >= 0.3 is 0 Å². The van der Waals surface area contributed by atoms with E-state index in [1.807, 2.05) is 0 Å². The molecule has 5 nitrogen and oxygen atoms in total. The molecule has 3 rings (SSSR count). The Morgan fingerprint density at radius 1 is 1.44 bits per heavy atom. The normalized spacial score (nSPS) is 23.7. The van der Waals surface area contributed by atoms with Gasteiger partial charge in [0.15, 0.2) is 0 Å². The molecule has 1 aliphatic heterocycles. The van der Waals surface area contributed by atoms with Crippen LogP contribution >= 0.6 is 11.3 Å². The van der Waals surface area contributed by atoms with E-state index in [4.69, 9.17) is 4.74 Å². The average molecular weight is 264 g/mol. The van der Waals surface area contributed by atoms with Crippen molar-refractivity contribution in [2.75, 3.05) is 25.5 Å². The highest BCUT2D eigenvalue weighted by molar-refractivity contribution is 7.18. The van der Waals surface area contributed by atoms with E-state index in [2.05, 4.69) is 33.6 Å². The Morgan fingerprint density at radius 3 is 3.17 bits per heavy atom. The van der Waals surface area contributed by atoms with Crippen molar-refractivity contribution >= 4 is 27.4 Å². The number of ether oxygens (including phenoxy) is 1. The van der Waals surface area contributed by atoms with Crippen LogP contribution in [0.5, 0.6) is 0 Å². The molecule has 0 aromatic carbocycles. The minimum atomic E-state index is 0.190. The minimum absolute atomic E-state index is 0.190. The first-order chi connectivity index (χ1) is 8.78. The van der Waals surface area contributed by atoms with Crippen LogP contribution in [0.2, 0.25) is 0 Å². The first kappa shape index (κ1) is 11.8. The zero-order valence-corrected chi connectivity index (χ0v) is 11.3. The molecule has 0 amide bonds. The molecule has 0 aliphatic carbocycles. The molecule has 0 spiro atoms. The lowest BCUT2D eigenvalue weighted by Crippen LogP contribution is -2.33. The Labute approximate surface area is 110 Å². The number of hydrogen-bond acceptors (Lipinski definition) is 6. The highest BCUT2D eigenvalue weighted by atomic mass is 32.1. The summed E-state index contributed by atoms with van der Waals surface area (Å²) in [6, 6.07) is 2.39. The number of nitrogens with zero attached hydrogens (tertiary/aromatic N) is 2. The van der Waals surface area contributed by atoms with E-state index in [1.54, 1.807) is 24.8 Å². The van der Waals surface area contributed by atoms with Gasteiger partial charge in [0.2, 0.25) is 0 Å². The fraction of sp³-hybridized carbons (Fsp3) is 0.500. The maximum Gasteiger partial charge on any atom is 0.138 e. The molecule has 2 aromatic heterocycles. The van der Waals surface area contributed by atoms with Crippen molar-refractivity contribution in [2.24, 2.45) is 0 Å². The van der Waals surface area contributed by atoms with Crippen LogP contribution in [-0.4, -0.2) is 42.3 Å². The smallest absolute Gasteiger partial charge is 0.138 e. The summed E-state index contributed by atoms with van der Waals surface area (Å²) in [5, 5.41) is 7.88. The molecule has 2 N–H and O–H groups in total. The van der Waals surface area contributed by atoms with Crippen molar-refractivity contribution in [2.45, 2.75) is 19.1 Å². The summed E-state index contributed by atoms with van der Waals surface area (Å²) in [5.41, 5.74) is 0. The third-order valence-corrected chi connectivity index (χ3v) is 4.19. The van der Waals surface area contributed by atoms with Crippen LogP contribution in [0.4, 0.5) is 5.82 Å². The Kier molecular flexibility index (Phi) is 3.15. The van der Waals surface area contributed by atoms with Gasteiger partial charge in [-0.15, -0.1) is 11.3 Å². The second kappa shape index (κ2) is 4.79. The molecule has 3 heterocycles. The molecule has 2 aromatic rings. The van der Waals surface area contributed by atoms with Gasteiger partial charge in [-0.05, 0) is 13.0 Å². The fourth-order valence-corrected chi connectivity index (χ4v) is 3.16. The van der Waals surface area contributed by atoms with Gasteiger partial charge in [-0.1, -0.05) is 0 Å². The summed E-state index contributed by atoms with van der Waals surface area (Å²) < 4.78 is 5.45. The van der Waals surface area contributed by atoms with E-state index in [-0.39, 0.29) is 12.1 Å². The van der Waals surface area contributed by atoms with Crippen LogP contribution in [0.25, 0.3) is 10.2 Å². The number of fused-ring (bicyclic) bond motifs is 1. The van der Waals surface area contributed by atoms with E-state index in [9.17, 15) is 0 Å². The summed E-state index contributed by atoms with van der Waals surface area (Å²) in [7, 11) is 1.75. The summed E-state index contributed by atoms with van der Waals surface area (Å²) in [6.45, 7) is 3.86. The first-order valence-corrected chi connectivity index (χ1v) is 6.81. The average Bonchev–Trinajstić information content (AvgIpc) is 2.94. The first-order valence-electron chi connectivity index (χ1n) is 5.99. The predicted molar refractivity (Wildman–Crippen MR) is 73.2 cm³/mol. The number of anilines is 1. The van der Waals surface area contributed by atoms with Crippen molar-refractivity contribution in [3.05, 3.63) is 17.3 Å². The van der Waals surface area contributed by atoms with Crippen molar-refractivity contribution in [1.29, 1.82) is 0 Å². The maximum atomic E-state index is 5.45. The van der Waals surface area contributed by atoms with E-state index >= 15 is 0 Å². The molecule has 1 fully saturated rings. The van der Waals surface area contributed by atoms with Gasteiger partial charge in [-0.2, -0.15) is 0 Å². The quantitative estimate of drug-likeness (QED) is 0.877. The van der Waals surface area contributed by atoms with Crippen LogP contribution < -0.4 is 10.6 Å². The Balaban J connectivity index is 1.90. The monoisotopic (exact) mass is 264 g/mol. The number of methoxy groups -OCH3 is 1.